The molecule has 7 nitrogen and oxygen atoms in total. The van der Waals surface area contributed by atoms with Gasteiger partial charge in [-0.05, 0) is 30.9 Å². The fourth-order valence-electron chi connectivity index (χ4n) is 5.76. The van der Waals surface area contributed by atoms with Gasteiger partial charge in [0.1, 0.15) is 6.61 Å². The first-order valence-corrected chi connectivity index (χ1v) is 9.25. The van der Waals surface area contributed by atoms with Crippen molar-refractivity contribution in [2.45, 2.75) is 48.8 Å². The number of carbonyl (C=O) groups is 2. The number of phenols is 1. The molecule has 4 atom stereocenters. The Balaban J connectivity index is 1.68. The smallest absolute Gasteiger partial charge is 0.410 e. The standard InChI is InChI=1S/C20H21NO6/c1-2-9-26-18(24)21-8-7-19-15-11-3-4-12(22)16(15)27-17(19)13(23)5-6-20(19,25)14(21)10-11/h2-4,14,17,22,25H,1,5-10H2/t14-,17+,19+,20?/m1/s1. The lowest BCUT2D eigenvalue weighted by atomic mass is 9.49. The molecule has 7 heteroatoms. The lowest BCUT2D eigenvalue weighted by Crippen LogP contribution is -2.77. The van der Waals surface area contributed by atoms with Gasteiger partial charge in [-0.1, -0.05) is 18.7 Å². The Morgan fingerprint density at radius 3 is 3.04 bits per heavy atom. The fraction of sp³-hybridized carbons (Fsp3) is 0.500. The number of amides is 1. The van der Waals surface area contributed by atoms with Crippen LogP contribution in [-0.4, -0.2) is 57.9 Å². The van der Waals surface area contributed by atoms with Crippen LogP contribution in [0.2, 0.25) is 0 Å². The van der Waals surface area contributed by atoms with E-state index in [1.807, 2.05) is 0 Å². The summed E-state index contributed by atoms with van der Waals surface area (Å²) in [4.78, 5) is 26.9. The highest BCUT2D eigenvalue weighted by Gasteiger charge is 2.73. The number of aromatic hydroxyl groups is 1. The number of carbonyl (C=O) groups excluding carboxylic acids is 2. The molecule has 1 unspecified atom stereocenters. The van der Waals surface area contributed by atoms with Gasteiger partial charge in [0.05, 0.1) is 17.1 Å². The summed E-state index contributed by atoms with van der Waals surface area (Å²) < 4.78 is 11.2. The fourth-order valence-corrected chi connectivity index (χ4v) is 5.76. The average molecular weight is 371 g/mol. The molecule has 1 amide bonds. The summed E-state index contributed by atoms with van der Waals surface area (Å²) in [5.41, 5.74) is -0.582. The highest BCUT2D eigenvalue weighted by atomic mass is 16.6. The van der Waals surface area contributed by atoms with Gasteiger partial charge in [-0.2, -0.15) is 0 Å². The van der Waals surface area contributed by atoms with Gasteiger partial charge in [0, 0.05) is 18.5 Å². The van der Waals surface area contributed by atoms with Crippen LogP contribution in [-0.2, 0) is 21.4 Å². The number of ether oxygens (including phenoxy) is 2. The lowest BCUT2D eigenvalue weighted by molar-refractivity contribution is -0.183. The van der Waals surface area contributed by atoms with Crippen LogP contribution in [0.25, 0.3) is 0 Å². The average Bonchev–Trinajstić information content (AvgIpc) is 3.00. The van der Waals surface area contributed by atoms with Crippen molar-refractivity contribution in [3.05, 3.63) is 35.9 Å². The van der Waals surface area contributed by atoms with Crippen molar-refractivity contribution in [1.29, 1.82) is 0 Å². The van der Waals surface area contributed by atoms with E-state index in [-0.39, 0.29) is 31.0 Å². The molecule has 2 N–H and O–H groups in total. The second kappa shape index (κ2) is 5.25. The molecule has 2 bridgehead atoms. The molecule has 0 radical (unpaired) electrons. The number of ketones is 1. The van der Waals surface area contributed by atoms with E-state index in [2.05, 4.69) is 6.58 Å². The van der Waals surface area contributed by atoms with E-state index in [9.17, 15) is 19.8 Å². The predicted molar refractivity (Wildman–Crippen MR) is 93.8 cm³/mol. The maximum absolute atomic E-state index is 12.7. The van der Waals surface area contributed by atoms with Crippen LogP contribution in [0.15, 0.2) is 24.8 Å². The van der Waals surface area contributed by atoms with Crippen LogP contribution in [0, 0.1) is 0 Å². The first-order chi connectivity index (χ1) is 12.9. The number of hydrogen-bond acceptors (Lipinski definition) is 6. The maximum Gasteiger partial charge on any atom is 0.410 e. The highest BCUT2D eigenvalue weighted by molar-refractivity contribution is 5.90. The molecule has 1 saturated carbocycles. The Labute approximate surface area is 156 Å². The molecule has 1 saturated heterocycles. The Kier molecular flexibility index (Phi) is 3.23. The summed E-state index contributed by atoms with van der Waals surface area (Å²) in [6.45, 7) is 4.01. The molecule has 0 aromatic heterocycles. The van der Waals surface area contributed by atoms with Crippen molar-refractivity contribution in [3.8, 4) is 11.5 Å². The summed E-state index contributed by atoms with van der Waals surface area (Å²) in [7, 11) is 0. The van der Waals surface area contributed by atoms with Crippen LogP contribution >= 0.6 is 0 Å². The van der Waals surface area contributed by atoms with E-state index >= 15 is 0 Å². The summed E-state index contributed by atoms with van der Waals surface area (Å²) in [6, 6.07) is 2.84. The second-order valence-corrected chi connectivity index (χ2v) is 7.84. The number of benzene rings is 1. The van der Waals surface area contributed by atoms with Crippen LogP contribution in [0.4, 0.5) is 4.79 Å². The van der Waals surface area contributed by atoms with Crippen molar-refractivity contribution in [1.82, 2.24) is 4.90 Å². The largest absolute Gasteiger partial charge is 0.504 e. The monoisotopic (exact) mass is 371 g/mol. The Bertz CT molecular complexity index is 881. The van der Waals surface area contributed by atoms with Crippen molar-refractivity contribution in [2.75, 3.05) is 13.2 Å². The summed E-state index contributed by atoms with van der Waals surface area (Å²) in [5, 5.41) is 22.2. The predicted octanol–water partition coefficient (Wildman–Crippen LogP) is 1.44. The number of aliphatic hydroxyl groups is 1. The molecule has 2 fully saturated rings. The van der Waals surface area contributed by atoms with Gasteiger partial charge >= 0.3 is 6.09 Å². The van der Waals surface area contributed by atoms with E-state index in [1.54, 1.807) is 17.0 Å². The molecule has 2 aliphatic carbocycles. The number of nitrogens with zero attached hydrogens (tertiary/aromatic N) is 1. The van der Waals surface area contributed by atoms with E-state index in [1.165, 1.54) is 6.08 Å². The van der Waals surface area contributed by atoms with Crippen molar-refractivity contribution >= 4 is 11.9 Å². The molecule has 142 valence electrons. The van der Waals surface area contributed by atoms with Crippen LogP contribution in [0.3, 0.4) is 0 Å². The molecule has 1 spiro atoms. The second-order valence-electron chi connectivity index (χ2n) is 7.84. The van der Waals surface area contributed by atoms with E-state index in [0.29, 0.717) is 25.1 Å². The molecule has 4 aliphatic rings. The van der Waals surface area contributed by atoms with E-state index in [0.717, 1.165) is 11.1 Å². The minimum atomic E-state index is -1.30. The Hall–Kier alpha value is -2.54. The minimum absolute atomic E-state index is 0.0149. The first-order valence-electron chi connectivity index (χ1n) is 9.25. The lowest BCUT2D eigenvalue weighted by Gasteiger charge is -2.61. The number of hydrogen-bond donors (Lipinski definition) is 2. The summed E-state index contributed by atoms with van der Waals surface area (Å²) in [5.74, 6) is 0.232. The molecule has 2 heterocycles. The van der Waals surface area contributed by atoms with Gasteiger partial charge in [0.15, 0.2) is 23.4 Å². The molecule has 2 aliphatic heterocycles. The van der Waals surface area contributed by atoms with Gasteiger partial charge in [0.25, 0.3) is 0 Å². The molecule has 1 aromatic carbocycles. The zero-order valence-corrected chi connectivity index (χ0v) is 14.8. The topological polar surface area (TPSA) is 96.3 Å². The van der Waals surface area contributed by atoms with Crippen LogP contribution in [0.5, 0.6) is 11.5 Å². The Morgan fingerprint density at radius 1 is 1.44 bits per heavy atom. The summed E-state index contributed by atoms with van der Waals surface area (Å²) >= 11 is 0. The Morgan fingerprint density at radius 2 is 2.26 bits per heavy atom. The number of likely N-dealkylation sites (tertiary alicyclic amines) is 1. The SMILES string of the molecule is C=CCOC(=O)N1CC[C@]23c4c5ccc(O)c4O[C@H]2C(=O)CCC3(O)[C@H]1C5. The van der Waals surface area contributed by atoms with Crippen molar-refractivity contribution in [3.63, 3.8) is 0 Å². The van der Waals surface area contributed by atoms with Crippen molar-refractivity contribution in [2.24, 2.45) is 0 Å². The zero-order valence-electron chi connectivity index (χ0n) is 14.8. The molecular formula is C20H21NO6. The van der Waals surface area contributed by atoms with Gasteiger partial charge in [0.2, 0.25) is 0 Å². The third-order valence-corrected chi connectivity index (χ3v) is 6.82. The first kappa shape index (κ1) is 16.6. The molecule has 5 rings (SSSR count). The highest BCUT2D eigenvalue weighted by Crippen LogP contribution is 2.64. The molecule has 27 heavy (non-hydrogen) atoms. The zero-order chi connectivity index (χ0) is 19.0. The number of piperidine rings is 1. The third kappa shape index (κ3) is 1.80. The van der Waals surface area contributed by atoms with Gasteiger partial charge < -0.3 is 24.6 Å². The quantitative estimate of drug-likeness (QED) is 0.764. The maximum atomic E-state index is 12.7. The van der Waals surface area contributed by atoms with E-state index in [4.69, 9.17) is 9.47 Å². The number of rotatable bonds is 2. The number of Topliss-reactive ketones (excluding diaryl/α,β-unsaturated/α-hetero) is 1. The molecule has 1 aromatic rings. The number of phenolic OH excluding ortho intramolecular Hbond substituents is 1. The van der Waals surface area contributed by atoms with Crippen molar-refractivity contribution < 1.29 is 29.3 Å². The van der Waals surface area contributed by atoms with Gasteiger partial charge in [-0.3, -0.25) is 4.79 Å². The van der Waals surface area contributed by atoms with Gasteiger partial charge in [-0.15, -0.1) is 0 Å². The van der Waals surface area contributed by atoms with Gasteiger partial charge in [-0.25, -0.2) is 4.79 Å². The van der Waals surface area contributed by atoms with E-state index < -0.39 is 29.3 Å². The summed E-state index contributed by atoms with van der Waals surface area (Å²) in [6.07, 6.45) is 1.43. The normalized spacial score (nSPS) is 35.3. The van der Waals surface area contributed by atoms with Crippen LogP contribution < -0.4 is 4.74 Å². The minimum Gasteiger partial charge on any atom is -0.504 e. The third-order valence-electron chi connectivity index (χ3n) is 6.82. The molecular weight excluding hydrogens is 350 g/mol. The van der Waals surface area contributed by atoms with Crippen LogP contribution in [0.1, 0.15) is 30.4 Å².